The van der Waals surface area contributed by atoms with Crippen LogP contribution in [0.3, 0.4) is 0 Å². The molecule has 0 aliphatic heterocycles. The van der Waals surface area contributed by atoms with E-state index in [1.165, 1.54) is 0 Å². The molecular weight excluding hydrogens is 284 g/mol. The molecule has 0 bridgehead atoms. The van der Waals surface area contributed by atoms with Crippen LogP contribution in [0.25, 0.3) is 0 Å². The monoisotopic (exact) mass is 304 g/mol. The predicted octanol–water partition coefficient (Wildman–Crippen LogP) is 4.02. The zero-order chi connectivity index (χ0) is 15.5. The maximum atomic E-state index is 12.0. The number of hydrogen-bond donors (Lipinski definition) is 1. The van der Waals surface area contributed by atoms with Gasteiger partial charge in [0.2, 0.25) is 0 Å². The molecule has 1 aromatic carbocycles. The van der Waals surface area contributed by atoms with Gasteiger partial charge < -0.3 is 10.1 Å². The van der Waals surface area contributed by atoms with Gasteiger partial charge in [0.25, 0.3) is 0 Å². The summed E-state index contributed by atoms with van der Waals surface area (Å²) in [5.41, 5.74) is 1.97. The van der Waals surface area contributed by atoms with Crippen LogP contribution < -0.4 is 5.32 Å². The van der Waals surface area contributed by atoms with Crippen molar-refractivity contribution in [3.05, 3.63) is 45.9 Å². The Morgan fingerprint density at radius 3 is 2.76 bits per heavy atom. The largest absolute Gasteiger partial charge is 0.456 e. The number of aromatic nitrogens is 1. The molecule has 0 aliphatic carbocycles. The first kappa shape index (κ1) is 15.5. The summed E-state index contributed by atoms with van der Waals surface area (Å²) in [7, 11) is 0. The Morgan fingerprint density at radius 2 is 2.14 bits per heavy atom. The third-order valence-electron chi connectivity index (χ3n) is 2.61. The maximum Gasteiger partial charge on any atom is 0.338 e. The van der Waals surface area contributed by atoms with Gasteiger partial charge in [-0.05, 0) is 45.9 Å². The van der Waals surface area contributed by atoms with Crippen molar-refractivity contribution in [1.29, 1.82) is 0 Å². The number of nitrogens with zero attached hydrogens (tertiary/aromatic N) is 1. The highest BCUT2D eigenvalue weighted by Gasteiger charge is 2.17. The van der Waals surface area contributed by atoms with Gasteiger partial charge in [-0.2, -0.15) is 0 Å². The van der Waals surface area contributed by atoms with Crippen LogP contribution in [0.15, 0.2) is 29.6 Å². The summed E-state index contributed by atoms with van der Waals surface area (Å²) in [5, 5.41) is 6.32. The number of anilines is 1. The Kier molecular flexibility index (Phi) is 4.63. The molecule has 0 spiro atoms. The van der Waals surface area contributed by atoms with Crippen molar-refractivity contribution in [3.8, 4) is 0 Å². The summed E-state index contributed by atoms with van der Waals surface area (Å²) in [6.45, 7) is 8.20. The smallest absolute Gasteiger partial charge is 0.338 e. The molecule has 4 nitrogen and oxygen atoms in total. The van der Waals surface area contributed by atoms with Crippen LogP contribution in [0.2, 0.25) is 0 Å². The summed E-state index contributed by atoms with van der Waals surface area (Å²) >= 11 is 1.62. The van der Waals surface area contributed by atoms with Gasteiger partial charge in [-0.3, -0.25) is 0 Å². The number of ether oxygens (including phenoxy) is 1. The molecule has 2 rings (SSSR count). The van der Waals surface area contributed by atoms with Crippen molar-refractivity contribution in [3.63, 3.8) is 0 Å². The highest BCUT2D eigenvalue weighted by molar-refractivity contribution is 7.09. The molecule has 0 aliphatic rings. The third kappa shape index (κ3) is 4.86. The van der Waals surface area contributed by atoms with E-state index in [4.69, 9.17) is 4.74 Å². The second-order valence-corrected chi connectivity index (χ2v) is 6.76. The highest BCUT2D eigenvalue weighted by Crippen LogP contribution is 2.17. The number of benzene rings is 1. The molecule has 0 amide bonds. The second-order valence-electron chi connectivity index (χ2n) is 5.82. The SMILES string of the molecule is Cc1csc(CNc2cccc(C(=O)OC(C)(C)C)c2)n1. The van der Waals surface area contributed by atoms with Crippen LogP contribution >= 0.6 is 11.3 Å². The Hall–Kier alpha value is -1.88. The lowest BCUT2D eigenvalue weighted by molar-refractivity contribution is 0.00696. The highest BCUT2D eigenvalue weighted by atomic mass is 32.1. The number of aryl methyl sites for hydroxylation is 1. The fourth-order valence-corrected chi connectivity index (χ4v) is 2.47. The van der Waals surface area contributed by atoms with Gasteiger partial charge >= 0.3 is 5.97 Å². The van der Waals surface area contributed by atoms with Gasteiger partial charge in [0.05, 0.1) is 12.1 Å². The molecule has 1 N–H and O–H groups in total. The predicted molar refractivity (Wildman–Crippen MR) is 85.8 cm³/mol. The molecule has 0 atom stereocenters. The molecule has 1 heterocycles. The number of carbonyl (C=O) groups is 1. The van der Waals surface area contributed by atoms with Crippen LogP contribution in [0.5, 0.6) is 0 Å². The number of hydrogen-bond acceptors (Lipinski definition) is 5. The lowest BCUT2D eigenvalue weighted by Crippen LogP contribution is -2.23. The average molecular weight is 304 g/mol. The van der Waals surface area contributed by atoms with Crippen molar-refractivity contribution < 1.29 is 9.53 Å². The third-order valence-corrected chi connectivity index (χ3v) is 3.57. The van der Waals surface area contributed by atoms with Crippen LogP contribution in [0, 0.1) is 6.92 Å². The average Bonchev–Trinajstić information content (AvgIpc) is 2.81. The fraction of sp³-hybridized carbons (Fsp3) is 0.375. The molecule has 21 heavy (non-hydrogen) atoms. The van der Waals surface area contributed by atoms with Crippen molar-refractivity contribution in [2.24, 2.45) is 0 Å². The van der Waals surface area contributed by atoms with Crippen molar-refractivity contribution in [2.45, 2.75) is 39.8 Å². The van der Waals surface area contributed by atoms with Crippen molar-refractivity contribution in [1.82, 2.24) is 4.98 Å². The second kappa shape index (κ2) is 6.26. The minimum Gasteiger partial charge on any atom is -0.456 e. The summed E-state index contributed by atoms with van der Waals surface area (Å²) in [5.74, 6) is -0.309. The van der Waals surface area contributed by atoms with Gasteiger partial charge in [-0.1, -0.05) is 6.07 Å². The Morgan fingerprint density at radius 1 is 1.38 bits per heavy atom. The first-order valence-electron chi connectivity index (χ1n) is 6.82. The zero-order valence-corrected chi connectivity index (χ0v) is 13.6. The van der Waals surface area contributed by atoms with E-state index in [0.29, 0.717) is 12.1 Å². The molecule has 0 saturated heterocycles. The number of nitrogens with one attached hydrogen (secondary N) is 1. The molecule has 0 fully saturated rings. The Labute approximate surface area is 129 Å². The van der Waals surface area contributed by atoms with E-state index in [-0.39, 0.29) is 5.97 Å². The van der Waals surface area contributed by atoms with E-state index >= 15 is 0 Å². The molecule has 1 aromatic heterocycles. The van der Waals surface area contributed by atoms with Gasteiger partial charge in [-0.15, -0.1) is 11.3 Å². The van der Waals surface area contributed by atoms with Gasteiger partial charge in [0.1, 0.15) is 10.6 Å². The van der Waals surface area contributed by atoms with Gasteiger partial charge in [0, 0.05) is 16.8 Å². The number of carbonyl (C=O) groups excluding carboxylic acids is 1. The van der Waals surface area contributed by atoms with Gasteiger partial charge in [0.15, 0.2) is 0 Å². The minimum absolute atomic E-state index is 0.309. The number of esters is 1. The molecule has 112 valence electrons. The van der Waals surface area contributed by atoms with Crippen LogP contribution in [-0.4, -0.2) is 16.6 Å². The fourth-order valence-electron chi connectivity index (χ4n) is 1.75. The van der Waals surface area contributed by atoms with E-state index in [1.807, 2.05) is 45.2 Å². The normalized spacial score (nSPS) is 11.2. The summed E-state index contributed by atoms with van der Waals surface area (Å²) < 4.78 is 5.37. The Bertz CT molecular complexity index is 629. The molecule has 0 radical (unpaired) electrons. The summed E-state index contributed by atoms with van der Waals surface area (Å²) in [6, 6.07) is 7.32. The van der Waals surface area contributed by atoms with Crippen LogP contribution in [-0.2, 0) is 11.3 Å². The number of rotatable bonds is 4. The Balaban J connectivity index is 2.02. The quantitative estimate of drug-likeness (QED) is 0.867. The zero-order valence-electron chi connectivity index (χ0n) is 12.8. The number of thiazole rings is 1. The van der Waals surface area contributed by atoms with E-state index < -0.39 is 5.60 Å². The van der Waals surface area contributed by atoms with Gasteiger partial charge in [-0.25, -0.2) is 9.78 Å². The van der Waals surface area contributed by atoms with Crippen LogP contribution in [0.1, 0.15) is 41.8 Å². The standard InChI is InChI=1S/C16H20N2O2S/c1-11-10-21-14(18-11)9-17-13-7-5-6-12(8-13)15(19)20-16(2,3)4/h5-8,10,17H,9H2,1-4H3. The van der Waals surface area contributed by atoms with Crippen LogP contribution in [0.4, 0.5) is 5.69 Å². The lowest BCUT2D eigenvalue weighted by Gasteiger charge is -2.19. The molecule has 5 heteroatoms. The molecule has 0 unspecified atom stereocenters. The maximum absolute atomic E-state index is 12.0. The van der Waals surface area contributed by atoms with E-state index in [2.05, 4.69) is 10.3 Å². The van der Waals surface area contributed by atoms with Crippen molar-refractivity contribution in [2.75, 3.05) is 5.32 Å². The van der Waals surface area contributed by atoms with E-state index in [1.54, 1.807) is 23.5 Å². The molecular formula is C16H20N2O2S. The van der Waals surface area contributed by atoms with Crippen molar-refractivity contribution >= 4 is 23.0 Å². The molecule has 0 saturated carbocycles. The molecule has 2 aromatic rings. The lowest BCUT2D eigenvalue weighted by atomic mass is 10.1. The summed E-state index contributed by atoms with van der Waals surface area (Å²) in [6.07, 6.45) is 0. The minimum atomic E-state index is -0.487. The first-order valence-corrected chi connectivity index (χ1v) is 7.70. The van der Waals surface area contributed by atoms with E-state index in [9.17, 15) is 4.79 Å². The topological polar surface area (TPSA) is 51.2 Å². The first-order chi connectivity index (χ1) is 9.83. The summed E-state index contributed by atoms with van der Waals surface area (Å²) in [4.78, 5) is 16.4. The van der Waals surface area contributed by atoms with E-state index in [0.717, 1.165) is 16.4 Å².